The van der Waals surface area contributed by atoms with E-state index in [1.54, 1.807) is 17.1 Å². The van der Waals surface area contributed by atoms with E-state index in [-0.39, 0.29) is 6.29 Å². The zero-order valence-corrected chi connectivity index (χ0v) is 16.2. The fourth-order valence-electron chi connectivity index (χ4n) is 3.72. The average molecular weight is 403 g/mol. The van der Waals surface area contributed by atoms with Crippen molar-refractivity contribution < 1.29 is 14.3 Å². The van der Waals surface area contributed by atoms with Gasteiger partial charge < -0.3 is 24.9 Å². The molecule has 0 spiro atoms. The molecule has 8 heteroatoms. The monoisotopic (exact) mass is 403 g/mol. The number of carbonyl (C=O) groups excluding carboxylic acids is 1. The van der Waals surface area contributed by atoms with Crippen LogP contribution >= 0.6 is 0 Å². The quantitative estimate of drug-likeness (QED) is 0.612. The van der Waals surface area contributed by atoms with Gasteiger partial charge in [-0.15, -0.1) is 0 Å². The minimum atomic E-state index is -0.487. The summed E-state index contributed by atoms with van der Waals surface area (Å²) in [7, 11) is 0. The molecule has 3 aromatic rings. The van der Waals surface area contributed by atoms with Crippen molar-refractivity contribution in [3.8, 4) is 11.1 Å². The number of aromatic nitrogens is 3. The van der Waals surface area contributed by atoms with Crippen molar-refractivity contribution in [1.82, 2.24) is 20.1 Å². The lowest BCUT2D eigenvalue weighted by molar-refractivity contribution is -0.109. The van der Waals surface area contributed by atoms with E-state index in [0.717, 1.165) is 34.2 Å². The highest BCUT2D eigenvalue weighted by Gasteiger charge is 2.25. The molecule has 0 aliphatic carbocycles. The van der Waals surface area contributed by atoms with Gasteiger partial charge in [-0.25, -0.2) is 4.98 Å². The number of carbonyl (C=O) groups is 1. The predicted molar refractivity (Wildman–Crippen MR) is 112 cm³/mol. The van der Waals surface area contributed by atoms with Crippen molar-refractivity contribution in [3.63, 3.8) is 0 Å². The van der Waals surface area contributed by atoms with Gasteiger partial charge in [0.05, 0.1) is 26.0 Å². The van der Waals surface area contributed by atoms with E-state index in [4.69, 9.17) is 9.47 Å². The van der Waals surface area contributed by atoms with Crippen molar-refractivity contribution in [2.75, 3.05) is 18.5 Å². The number of fused-ring (bicyclic) bond motifs is 1. The number of hydrogen-bond acceptors (Lipinski definition) is 7. The Morgan fingerprint density at radius 3 is 2.83 bits per heavy atom. The van der Waals surface area contributed by atoms with Gasteiger partial charge in [-0.3, -0.25) is 4.68 Å². The van der Waals surface area contributed by atoms with Gasteiger partial charge in [-0.2, -0.15) is 5.10 Å². The predicted octanol–water partition coefficient (Wildman–Crippen LogP) is 2.88. The SMILES string of the molecule is O=CC1NC=Cc2c(-c3cnn(CC4OCCO4)c3)cnc(Nc3ccccc3)c21. The smallest absolute Gasteiger partial charge is 0.177 e. The zero-order valence-electron chi connectivity index (χ0n) is 16.2. The van der Waals surface area contributed by atoms with Crippen molar-refractivity contribution >= 4 is 23.9 Å². The molecule has 8 nitrogen and oxygen atoms in total. The van der Waals surface area contributed by atoms with Crippen LogP contribution in [0, 0.1) is 0 Å². The molecule has 2 aliphatic rings. The van der Waals surface area contributed by atoms with E-state index in [9.17, 15) is 4.79 Å². The van der Waals surface area contributed by atoms with E-state index >= 15 is 0 Å². The van der Waals surface area contributed by atoms with Crippen LogP contribution in [0.15, 0.2) is 55.1 Å². The highest BCUT2D eigenvalue weighted by molar-refractivity contribution is 5.84. The molecule has 0 amide bonds. The molecule has 0 saturated carbocycles. The fraction of sp³-hybridized carbons (Fsp3) is 0.227. The summed E-state index contributed by atoms with van der Waals surface area (Å²) in [6, 6.07) is 9.28. The number of aldehydes is 1. The first-order valence-electron chi connectivity index (χ1n) is 9.81. The van der Waals surface area contributed by atoms with E-state index in [1.807, 2.05) is 48.8 Å². The summed E-state index contributed by atoms with van der Waals surface area (Å²) >= 11 is 0. The first kappa shape index (κ1) is 18.5. The Balaban J connectivity index is 1.51. The lowest BCUT2D eigenvalue weighted by atomic mass is 9.93. The fourth-order valence-corrected chi connectivity index (χ4v) is 3.72. The second-order valence-corrected chi connectivity index (χ2v) is 7.07. The Labute approximate surface area is 173 Å². The van der Waals surface area contributed by atoms with Crippen molar-refractivity contribution in [1.29, 1.82) is 0 Å². The molecule has 0 radical (unpaired) electrons. The summed E-state index contributed by atoms with van der Waals surface area (Å²) in [6.45, 7) is 1.74. The summed E-state index contributed by atoms with van der Waals surface area (Å²) in [5.41, 5.74) is 4.48. The summed E-state index contributed by atoms with van der Waals surface area (Å²) in [6.07, 6.45) is 9.92. The second-order valence-electron chi connectivity index (χ2n) is 7.07. The Kier molecular flexibility index (Phi) is 5.00. The Hall–Kier alpha value is -3.49. The number of nitrogens with one attached hydrogen (secondary N) is 2. The lowest BCUT2D eigenvalue weighted by Crippen LogP contribution is -2.23. The molecular formula is C22H21N5O3. The summed E-state index contributed by atoms with van der Waals surface area (Å²) < 4.78 is 12.8. The van der Waals surface area contributed by atoms with Crippen LogP contribution in [0.25, 0.3) is 17.2 Å². The van der Waals surface area contributed by atoms with E-state index in [1.165, 1.54) is 0 Å². The second kappa shape index (κ2) is 8.10. The van der Waals surface area contributed by atoms with E-state index in [2.05, 4.69) is 20.7 Å². The molecule has 1 atom stereocenters. The molecular weight excluding hydrogens is 382 g/mol. The van der Waals surface area contributed by atoms with Gasteiger partial charge in [-0.05, 0) is 30.0 Å². The maximum Gasteiger partial charge on any atom is 0.177 e. The summed E-state index contributed by atoms with van der Waals surface area (Å²) in [5, 5.41) is 10.9. The Morgan fingerprint density at radius 1 is 1.20 bits per heavy atom. The van der Waals surface area contributed by atoms with Crippen LogP contribution in [-0.4, -0.2) is 40.6 Å². The standard InChI is InChI=1S/C22H21N5O3/c28-14-19-21-17(6-7-23-19)18(11-24-22(21)26-16-4-2-1-3-5-16)15-10-25-27(12-15)13-20-29-8-9-30-20/h1-7,10-12,14,19-20,23H,8-9,13H2,(H,24,26). The highest BCUT2D eigenvalue weighted by atomic mass is 16.7. The number of pyridine rings is 1. The van der Waals surface area contributed by atoms with Gasteiger partial charge in [0.1, 0.15) is 18.1 Å². The third kappa shape index (κ3) is 3.58. The summed E-state index contributed by atoms with van der Waals surface area (Å²) in [5.74, 6) is 0.647. The number of ether oxygens (including phenoxy) is 2. The minimum Gasteiger partial charge on any atom is -0.378 e. The van der Waals surface area contributed by atoms with Crippen LogP contribution in [-0.2, 0) is 20.8 Å². The van der Waals surface area contributed by atoms with Crippen molar-refractivity contribution in [3.05, 3.63) is 66.2 Å². The largest absolute Gasteiger partial charge is 0.378 e. The van der Waals surface area contributed by atoms with Crippen molar-refractivity contribution in [2.24, 2.45) is 0 Å². The number of nitrogens with zero attached hydrogens (tertiary/aromatic N) is 3. The Bertz CT molecular complexity index is 1070. The van der Waals surface area contributed by atoms with Gasteiger partial charge in [0.25, 0.3) is 0 Å². The first-order valence-corrected chi connectivity index (χ1v) is 9.81. The molecule has 1 unspecified atom stereocenters. The molecule has 0 bridgehead atoms. The van der Waals surface area contributed by atoms with Gasteiger partial charge in [0, 0.05) is 34.8 Å². The number of anilines is 2. The minimum absolute atomic E-state index is 0.272. The van der Waals surface area contributed by atoms with Crippen molar-refractivity contribution in [2.45, 2.75) is 18.9 Å². The number of rotatable bonds is 6. The third-order valence-electron chi connectivity index (χ3n) is 5.14. The van der Waals surface area contributed by atoms with Crippen LogP contribution in [0.5, 0.6) is 0 Å². The van der Waals surface area contributed by atoms with Crippen LogP contribution in [0.1, 0.15) is 17.2 Å². The van der Waals surface area contributed by atoms with E-state index in [0.29, 0.717) is 25.6 Å². The summed E-state index contributed by atoms with van der Waals surface area (Å²) in [4.78, 5) is 16.4. The normalized spacial score (nSPS) is 18.1. The highest BCUT2D eigenvalue weighted by Crippen LogP contribution is 2.36. The van der Waals surface area contributed by atoms with Gasteiger partial charge >= 0.3 is 0 Å². The average Bonchev–Trinajstić information content (AvgIpc) is 3.47. The van der Waals surface area contributed by atoms with Gasteiger partial charge in [0.2, 0.25) is 0 Å². The lowest BCUT2D eigenvalue weighted by Gasteiger charge is -2.24. The van der Waals surface area contributed by atoms with E-state index < -0.39 is 6.04 Å². The van der Waals surface area contributed by atoms with Crippen LogP contribution in [0.4, 0.5) is 11.5 Å². The van der Waals surface area contributed by atoms with Gasteiger partial charge in [-0.1, -0.05) is 18.2 Å². The van der Waals surface area contributed by atoms with Crippen LogP contribution in [0.2, 0.25) is 0 Å². The first-order chi connectivity index (χ1) is 14.8. The molecule has 1 saturated heterocycles. The van der Waals surface area contributed by atoms with Crippen LogP contribution < -0.4 is 10.6 Å². The maximum absolute atomic E-state index is 11.8. The Morgan fingerprint density at radius 2 is 2.03 bits per heavy atom. The maximum atomic E-state index is 11.8. The molecule has 2 N–H and O–H groups in total. The molecule has 30 heavy (non-hydrogen) atoms. The number of para-hydroxylation sites is 1. The molecule has 5 rings (SSSR count). The molecule has 1 fully saturated rings. The molecule has 2 aliphatic heterocycles. The number of hydrogen-bond donors (Lipinski definition) is 2. The number of benzene rings is 1. The molecule has 4 heterocycles. The van der Waals surface area contributed by atoms with Gasteiger partial charge in [0.15, 0.2) is 6.29 Å². The molecule has 152 valence electrons. The topological polar surface area (TPSA) is 90.3 Å². The third-order valence-corrected chi connectivity index (χ3v) is 5.14. The molecule has 1 aromatic carbocycles. The zero-order chi connectivity index (χ0) is 20.3. The van der Waals surface area contributed by atoms with Crippen LogP contribution in [0.3, 0.4) is 0 Å². The molecule has 2 aromatic heterocycles.